The molecule has 0 saturated carbocycles. The maximum Gasteiger partial charge on any atom is 0.303 e. The van der Waals surface area contributed by atoms with E-state index in [0.717, 1.165) is 12.2 Å². The van der Waals surface area contributed by atoms with Gasteiger partial charge in [0.25, 0.3) is 11.8 Å². The van der Waals surface area contributed by atoms with Gasteiger partial charge in [-0.25, -0.2) is 4.90 Å². The average Bonchev–Trinajstić information content (AvgIpc) is 2.75. The van der Waals surface area contributed by atoms with Gasteiger partial charge in [-0.15, -0.1) is 0 Å². The molecule has 0 aliphatic carbocycles. The van der Waals surface area contributed by atoms with Crippen LogP contribution in [0.2, 0.25) is 5.28 Å². The molecular weight excluding hydrogens is 318 g/mol. The molecule has 0 bridgehead atoms. The van der Waals surface area contributed by atoms with Gasteiger partial charge < -0.3 is 5.11 Å². The Morgan fingerprint density at radius 3 is 2.36 bits per heavy atom. The summed E-state index contributed by atoms with van der Waals surface area (Å²) in [5.41, 5.74) is 0. The minimum absolute atomic E-state index is 0.294. The number of rotatable bonds is 5. The van der Waals surface area contributed by atoms with Gasteiger partial charge in [-0.1, -0.05) is 0 Å². The summed E-state index contributed by atoms with van der Waals surface area (Å²) < 4.78 is 0. The minimum Gasteiger partial charge on any atom is -0.481 e. The van der Waals surface area contributed by atoms with Crippen molar-refractivity contribution in [2.75, 3.05) is 10.2 Å². The average molecular weight is 326 g/mol. The summed E-state index contributed by atoms with van der Waals surface area (Å²) in [6.07, 6.45) is 1.40. The van der Waals surface area contributed by atoms with E-state index in [1.165, 1.54) is 0 Å². The second kappa shape index (κ2) is 6.26. The fourth-order valence-corrected chi connectivity index (χ4v) is 1.66. The zero-order valence-electron chi connectivity index (χ0n) is 10.8. The molecule has 1 aliphatic rings. The quantitative estimate of drug-likeness (QED) is 0.706. The second-order valence-electron chi connectivity index (χ2n) is 4.02. The van der Waals surface area contributed by atoms with E-state index in [4.69, 9.17) is 16.7 Å². The van der Waals surface area contributed by atoms with Gasteiger partial charge in [-0.05, 0) is 11.6 Å². The van der Waals surface area contributed by atoms with E-state index in [9.17, 15) is 19.2 Å². The molecule has 2 N–H and O–H groups in total. The first-order valence-electron chi connectivity index (χ1n) is 5.86. The highest BCUT2D eigenvalue weighted by Gasteiger charge is 2.28. The van der Waals surface area contributed by atoms with Gasteiger partial charge in [0.15, 0.2) is 0 Å². The molecule has 0 saturated heterocycles. The van der Waals surface area contributed by atoms with Crippen molar-refractivity contribution in [3.63, 3.8) is 0 Å². The van der Waals surface area contributed by atoms with Crippen LogP contribution in [0.1, 0.15) is 12.8 Å². The molecule has 1 aromatic heterocycles. The van der Waals surface area contributed by atoms with Crippen LogP contribution in [0, 0.1) is 0 Å². The number of aromatic nitrogens is 3. The van der Waals surface area contributed by atoms with Crippen LogP contribution in [0.15, 0.2) is 12.2 Å². The Hall–Kier alpha value is -2.88. The number of halogens is 1. The molecule has 22 heavy (non-hydrogen) atoms. The number of imide groups is 1. The molecule has 0 spiro atoms. The summed E-state index contributed by atoms with van der Waals surface area (Å²) in [6.45, 7) is 0. The third-order valence-corrected chi connectivity index (χ3v) is 2.59. The molecule has 11 heteroatoms. The lowest BCUT2D eigenvalue weighted by molar-refractivity contribution is -0.138. The Balaban J connectivity index is 2.17. The van der Waals surface area contributed by atoms with E-state index in [-0.39, 0.29) is 30.0 Å². The molecule has 114 valence electrons. The summed E-state index contributed by atoms with van der Waals surface area (Å²) in [5, 5.41) is 10.4. The van der Waals surface area contributed by atoms with Gasteiger partial charge in [0.1, 0.15) is 0 Å². The number of nitrogens with zero attached hydrogens (tertiary/aromatic N) is 4. The van der Waals surface area contributed by atoms with Gasteiger partial charge in [-0.2, -0.15) is 15.0 Å². The predicted molar refractivity (Wildman–Crippen MR) is 72.0 cm³/mol. The molecule has 0 unspecified atom stereocenters. The van der Waals surface area contributed by atoms with Crippen molar-refractivity contribution in [1.29, 1.82) is 0 Å². The summed E-state index contributed by atoms with van der Waals surface area (Å²) in [7, 11) is 0. The standard InChI is InChI=1S/C11H8ClN5O5/c12-9-14-10(13-5(18)1-4-8(21)22)16-11(15-9)17-6(19)2-3-7(17)20/h2-3H,1,4H2,(H,21,22)(H,13,14,15,16,18). The van der Waals surface area contributed by atoms with Crippen molar-refractivity contribution < 1.29 is 24.3 Å². The predicted octanol–water partition coefficient (Wildman–Crippen LogP) is -0.242. The molecule has 1 aliphatic heterocycles. The molecule has 0 aromatic carbocycles. The van der Waals surface area contributed by atoms with Gasteiger partial charge in [0, 0.05) is 18.6 Å². The van der Waals surface area contributed by atoms with Gasteiger partial charge in [-0.3, -0.25) is 24.5 Å². The van der Waals surface area contributed by atoms with Crippen molar-refractivity contribution in [2.45, 2.75) is 12.8 Å². The highest BCUT2D eigenvalue weighted by atomic mass is 35.5. The Kier molecular flexibility index (Phi) is 4.41. The second-order valence-corrected chi connectivity index (χ2v) is 4.35. The lowest BCUT2D eigenvalue weighted by Gasteiger charge is -2.12. The first-order chi connectivity index (χ1) is 10.4. The monoisotopic (exact) mass is 325 g/mol. The summed E-state index contributed by atoms with van der Waals surface area (Å²) in [4.78, 5) is 56.6. The van der Waals surface area contributed by atoms with Crippen molar-refractivity contribution in [1.82, 2.24) is 15.0 Å². The maximum atomic E-state index is 11.5. The first kappa shape index (κ1) is 15.5. The highest BCUT2D eigenvalue weighted by molar-refractivity contribution is 6.29. The fourth-order valence-electron chi connectivity index (χ4n) is 1.50. The number of carbonyl (C=O) groups is 4. The van der Waals surface area contributed by atoms with E-state index in [0.29, 0.717) is 4.90 Å². The van der Waals surface area contributed by atoms with E-state index >= 15 is 0 Å². The number of carboxylic acids is 1. The van der Waals surface area contributed by atoms with Gasteiger partial charge >= 0.3 is 5.97 Å². The SMILES string of the molecule is O=C(O)CCC(=O)Nc1nc(Cl)nc(N2C(=O)C=CC2=O)n1. The number of hydrogen-bond acceptors (Lipinski definition) is 7. The van der Waals surface area contributed by atoms with Crippen LogP contribution < -0.4 is 10.2 Å². The Morgan fingerprint density at radius 1 is 1.14 bits per heavy atom. The van der Waals surface area contributed by atoms with E-state index in [1.54, 1.807) is 0 Å². The van der Waals surface area contributed by atoms with Crippen molar-refractivity contribution in [3.05, 3.63) is 17.4 Å². The molecule has 0 fully saturated rings. The normalized spacial score (nSPS) is 13.6. The number of carboxylic acid groups (broad SMARTS) is 1. The Labute approximate surface area is 127 Å². The number of aliphatic carboxylic acids is 1. The van der Waals surface area contributed by atoms with E-state index < -0.39 is 23.7 Å². The van der Waals surface area contributed by atoms with Crippen molar-refractivity contribution >= 4 is 47.2 Å². The Morgan fingerprint density at radius 2 is 1.77 bits per heavy atom. The largest absolute Gasteiger partial charge is 0.481 e. The maximum absolute atomic E-state index is 11.5. The molecular formula is C11H8ClN5O5. The molecule has 2 rings (SSSR count). The van der Waals surface area contributed by atoms with E-state index in [1.807, 2.05) is 0 Å². The number of carbonyl (C=O) groups excluding carboxylic acids is 3. The first-order valence-corrected chi connectivity index (χ1v) is 6.24. The number of amides is 3. The van der Waals surface area contributed by atoms with Crippen molar-refractivity contribution in [2.24, 2.45) is 0 Å². The third-order valence-electron chi connectivity index (χ3n) is 2.42. The molecule has 10 nitrogen and oxygen atoms in total. The smallest absolute Gasteiger partial charge is 0.303 e. The van der Waals surface area contributed by atoms with Crippen LogP contribution in [0.5, 0.6) is 0 Å². The van der Waals surface area contributed by atoms with Crippen molar-refractivity contribution in [3.8, 4) is 0 Å². The number of hydrogen-bond donors (Lipinski definition) is 2. The molecule has 0 atom stereocenters. The summed E-state index contributed by atoms with van der Waals surface area (Å²) in [6, 6.07) is 0. The Bertz CT molecular complexity index is 686. The lowest BCUT2D eigenvalue weighted by Crippen LogP contribution is -2.32. The third kappa shape index (κ3) is 3.61. The van der Waals surface area contributed by atoms with Gasteiger partial charge in [0.2, 0.25) is 23.1 Å². The highest BCUT2D eigenvalue weighted by Crippen LogP contribution is 2.17. The number of nitrogens with one attached hydrogen (secondary N) is 1. The van der Waals surface area contributed by atoms with Crippen LogP contribution >= 0.6 is 11.6 Å². The van der Waals surface area contributed by atoms with Crippen LogP contribution in [0.4, 0.5) is 11.9 Å². The molecule has 3 amide bonds. The zero-order chi connectivity index (χ0) is 16.3. The lowest BCUT2D eigenvalue weighted by atomic mass is 10.3. The van der Waals surface area contributed by atoms with Crippen LogP contribution in [-0.2, 0) is 19.2 Å². The van der Waals surface area contributed by atoms with Gasteiger partial charge in [0.05, 0.1) is 6.42 Å². The van der Waals surface area contributed by atoms with Crippen LogP contribution in [0.25, 0.3) is 0 Å². The molecule has 1 aromatic rings. The summed E-state index contributed by atoms with van der Waals surface area (Å²) >= 11 is 5.66. The molecule has 0 radical (unpaired) electrons. The zero-order valence-corrected chi connectivity index (χ0v) is 11.6. The fraction of sp³-hybridized carbons (Fsp3) is 0.182. The number of anilines is 2. The van der Waals surface area contributed by atoms with E-state index in [2.05, 4.69) is 20.3 Å². The molecule has 2 heterocycles. The topological polar surface area (TPSA) is 142 Å². The summed E-state index contributed by atoms with van der Waals surface area (Å²) in [5.74, 6) is -3.74. The van der Waals surface area contributed by atoms with Crippen LogP contribution in [-0.4, -0.2) is 43.7 Å². The minimum atomic E-state index is -1.14. The van der Waals surface area contributed by atoms with Crippen LogP contribution in [0.3, 0.4) is 0 Å².